The molecule has 0 aliphatic carbocycles. The van der Waals surface area contributed by atoms with Crippen molar-refractivity contribution in [3.8, 4) is 6.07 Å². The van der Waals surface area contributed by atoms with Crippen molar-refractivity contribution in [3.63, 3.8) is 0 Å². The molecule has 7 nitrogen and oxygen atoms in total. The third kappa shape index (κ3) is 5.03. The number of fused-ring (bicyclic) bond motifs is 1. The first kappa shape index (κ1) is 24.4. The summed E-state index contributed by atoms with van der Waals surface area (Å²) in [6.45, 7) is 11.0. The number of rotatable bonds is 2. The minimum Gasteiger partial charge on any atom is -0.372 e. The molecular weight excluding hydrogens is 440 g/mol. The van der Waals surface area contributed by atoms with Crippen LogP contribution in [0.15, 0.2) is 59.1 Å². The third-order valence-electron chi connectivity index (χ3n) is 6.18. The number of amides is 2. The van der Waals surface area contributed by atoms with Gasteiger partial charge in [-0.2, -0.15) is 5.26 Å². The molecule has 35 heavy (non-hydrogen) atoms. The summed E-state index contributed by atoms with van der Waals surface area (Å²) in [5.74, 6) is -0.362. The minimum absolute atomic E-state index is 0.0144. The maximum absolute atomic E-state index is 13.3. The maximum Gasteiger partial charge on any atom is 0.266 e. The van der Waals surface area contributed by atoms with Crippen LogP contribution in [0.2, 0.25) is 0 Å². The van der Waals surface area contributed by atoms with E-state index in [0.29, 0.717) is 35.6 Å². The Morgan fingerprint density at radius 1 is 1.03 bits per heavy atom. The Morgan fingerprint density at radius 2 is 1.63 bits per heavy atom. The lowest BCUT2D eigenvalue weighted by molar-refractivity contribution is -0.138. The molecule has 1 fully saturated rings. The van der Waals surface area contributed by atoms with Gasteiger partial charge in [0.25, 0.3) is 11.8 Å². The van der Waals surface area contributed by atoms with Gasteiger partial charge in [0.1, 0.15) is 17.5 Å². The fraction of sp³-hybridized carbons (Fsp3) is 0.357. The van der Waals surface area contributed by atoms with Crippen LogP contribution in [0.3, 0.4) is 0 Å². The minimum atomic E-state index is -0.381. The fourth-order valence-electron chi connectivity index (χ4n) is 4.42. The summed E-state index contributed by atoms with van der Waals surface area (Å²) in [6.07, 6.45) is -0.238. The Kier molecular flexibility index (Phi) is 6.60. The number of benzene rings is 2. The molecule has 2 amide bonds. The van der Waals surface area contributed by atoms with Gasteiger partial charge in [-0.15, -0.1) is 0 Å². The van der Waals surface area contributed by atoms with Crippen LogP contribution in [-0.4, -0.2) is 47.8 Å². The van der Waals surface area contributed by atoms with Crippen molar-refractivity contribution in [1.82, 2.24) is 10.2 Å². The number of amidine groups is 1. The lowest BCUT2D eigenvalue weighted by Gasteiger charge is -2.35. The highest BCUT2D eigenvalue weighted by molar-refractivity contribution is 6.20. The zero-order valence-electron chi connectivity index (χ0n) is 20.8. The van der Waals surface area contributed by atoms with Crippen LogP contribution >= 0.6 is 0 Å². The Morgan fingerprint density at radius 3 is 2.20 bits per heavy atom. The first-order chi connectivity index (χ1) is 16.6. The predicted molar refractivity (Wildman–Crippen MR) is 135 cm³/mol. The number of nitrogens with zero attached hydrogens (tertiary/aromatic N) is 3. The molecule has 0 radical (unpaired) electrons. The van der Waals surface area contributed by atoms with Crippen molar-refractivity contribution in [3.05, 3.63) is 76.4 Å². The number of ether oxygens (including phenoxy) is 1. The molecule has 2 aromatic rings. The maximum atomic E-state index is 13.3. The zero-order valence-corrected chi connectivity index (χ0v) is 20.8. The third-order valence-corrected chi connectivity index (χ3v) is 6.18. The van der Waals surface area contributed by atoms with E-state index in [-0.39, 0.29) is 40.7 Å². The second-order valence-corrected chi connectivity index (χ2v) is 10.1. The molecule has 0 spiro atoms. The van der Waals surface area contributed by atoms with E-state index in [1.54, 1.807) is 23.1 Å². The van der Waals surface area contributed by atoms with Crippen molar-refractivity contribution in [1.29, 1.82) is 5.26 Å². The average Bonchev–Trinajstić information content (AvgIpc) is 3.16. The highest BCUT2D eigenvalue weighted by Crippen LogP contribution is 2.32. The number of aliphatic imine (C=N–C) groups is 1. The monoisotopic (exact) mass is 470 g/mol. The SMILES string of the molecule is CC1CN(C(=O)/C(C#N)=C2\N=C(NC(=O)c3ccc(C(C)(C)C)cc3)c3ccccc32)CC(C)O1. The molecule has 0 bridgehead atoms. The molecule has 180 valence electrons. The summed E-state index contributed by atoms with van der Waals surface area (Å²) in [5.41, 5.74) is 3.17. The van der Waals surface area contributed by atoms with Gasteiger partial charge in [-0.25, -0.2) is 4.99 Å². The molecular formula is C28H30N4O3. The fourth-order valence-corrected chi connectivity index (χ4v) is 4.42. The number of carbonyl (C=O) groups is 2. The Hall–Kier alpha value is -3.76. The van der Waals surface area contributed by atoms with Crippen LogP contribution in [0.5, 0.6) is 0 Å². The van der Waals surface area contributed by atoms with E-state index < -0.39 is 0 Å². The second kappa shape index (κ2) is 9.47. The Bertz CT molecular complexity index is 1250. The molecule has 2 heterocycles. The van der Waals surface area contributed by atoms with Gasteiger partial charge >= 0.3 is 0 Å². The number of nitrogens with one attached hydrogen (secondary N) is 1. The normalized spacial score (nSPS) is 21.0. The van der Waals surface area contributed by atoms with Gasteiger partial charge in [0.2, 0.25) is 0 Å². The first-order valence-electron chi connectivity index (χ1n) is 11.8. The lowest BCUT2D eigenvalue weighted by atomic mass is 9.87. The molecule has 0 saturated carbocycles. The molecule has 1 saturated heterocycles. The summed E-state index contributed by atoms with van der Waals surface area (Å²) >= 11 is 0. The molecule has 2 aliphatic heterocycles. The number of carbonyl (C=O) groups excluding carboxylic acids is 2. The molecule has 1 N–H and O–H groups in total. The molecule has 0 aromatic heterocycles. The molecule has 2 unspecified atom stereocenters. The van der Waals surface area contributed by atoms with Crippen molar-refractivity contribution >= 4 is 23.3 Å². The second-order valence-electron chi connectivity index (χ2n) is 10.1. The van der Waals surface area contributed by atoms with E-state index in [2.05, 4.69) is 37.1 Å². The van der Waals surface area contributed by atoms with E-state index in [1.807, 2.05) is 44.2 Å². The van der Waals surface area contributed by atoms with Crippen LogP contribution in [0, 0.1) is 11.3 Å². The summed E-state index contributed by atoms with van der Waals surface area (Å²) in [6, 6.07) is 16.8. The van der Waals surface area contributed by atoms with Gasteiger partial charge in [-0.1, -0.05) is 57.2 Å². The highest BCUT2D eigenvalue weighted by atomic mass is 16.5. The number of hydrogen-bond donors (Lipinski definition) is 1. The quantitative estimate of drug-likeness (QED) is 0.529. The standard InChI is InChI=1S/C28H30N4O3/c1-17-15-32(16-18(2)35-17)27(34)23(14-29)24-21-8-6-7-9-22(21)25(30-24)31-26(33)19-10-12-20(13-11-19)28(3,4)5/h6-13,17-18H,15-16H2,1-5H3,(H,30,31,33)/b24-23-. The number of morpholine rings is 1. The average molecular weight is 471 g/mol. The number of nitriles is 1. The van der Waals surface area contributed by atoms with E-state index in [0.717, 1.165) is 5.56 Å². The molecule has 2 aliphatic rings. The molecule has 7 heteroatoms. The lowest BCUT2D eigenvalue weighted by Crippen LogP contribution is -2.48. The van der Waals surface area contributed by atoms with Crippen LogP contribution < -0.4 is 5.32 Å². The van der Waals surface area contributed by atoms with Crippen LogP contribution in [0.1, 0.15) is 61.7 Å². The van der Waals surface area contributed by atoms with Crippen molar-refractivity contribution in [2.24, 2.45) is 4.99 Å². The summed E-state index contributed by atoms with van der Waals surface area (Å²) < 4.78 is 5.72. The van der Waals surface area contributed by atoms with Gasteiger partial charge in [-0.3, -0.25) is 9.59 Å². The smallest absolute Gasteiger partial charge is 0.266 e. The van der Waals surface area contributed by atoms with Crippen LogP contribution in [0.4, 0.5) is 0 Å². The van der Waals surface area contributed by atoms with Gasteiger partial charge in [0.15, 0.2) is 0 Å². The van der Waals surface area contributed by atoms with Gasteiger partial charge in [0, 0.05) is 29.8 Å². The Labute approximate surface area is 206 Å². The highest BCUT2D eigenvalue weighted by Gasteiger charge is 2.32. The topological polar surface area (TPSA) is 94.8 Å². The summed E-state index contributed by atoms with van der Waals surface area (Å²) in [5, 5.41) is 12.8. The van der Waals surface area contributed by atoms with E-state index in [9.17, 15) is 14.9 Å². The predicted octanol–water partition coefficient (Wildman–Crippen LogP) is 4.04. The van der Waals surface area contributed by atoms with Gasteiger partial charge in [0.05, 0.1) is 17.9 Å². The van der Waals surface area contributed by atoms with E-state index in [1.165, 1.54) is 0 Å². The van der Waals surface area contributed by atoms with Crippen LogP contribution in [0.25, 0.3) is 5.70 Å². The van der Waals surface area contributed by atoms with E-state index in [4.69, 9.17) is 4.74 Å². The Balaban J connectivity index is 1.66. The van der Waals surface area contributed by atoms with Gasteiger partial charge in [-0.05, 0) is 37.0 Å². The van der Waals surface area contributed by atoms with Crippen molar-refractivity contribution in [2.75, 3.05) is 13.1 Å². The molecule has 2 atom stereocenters. The summed E-state index contributed by atoms with van der Waals surface area (Å²) in [4.78, 5) is 32.5. The largest absolute Gasteiger partial charge is 0.372 e. The molecule has 2 aromatic carbocycles. The first-order valence-corrected chi connectivity index (χ1v) is 11.8. The van der Waals surface area contributed by atoms with Crippen LogP contribution in [-0.2, 0) is 14.9 Å². The summed E-state index contributed by atoms with van der Waals surface area (Å²) in [7, 11) is 0. The molecule has 4 rings (SSSR count). The van der Waals surface area contributed by atoms with Crippen molar-refractivity contribution in [2.45, 2.75) is 52.2 Å². The van der Waals surface area contributed by atoms with E-state index >= 15 is 0 Å². The van der Waals surface area contributed by atoms with Crippen molar-refractivity contribution < 1.29 is 14.3 Å². The van der Waals surface area contributed by atoms with Gasteiger partial charge < -0.3 is 15.0 Å². The zero-order chi connectivity index (χ0) is 25.3. The number of hydrogen-bond acceptors (Lipinski definition) is 5.